The lowest BCUT2D eigenvalue weighted by atomic mass is 9.47. The largest absolute Gasteiger partial charge is 0.393 e. The molecule has 0 aromatic rings. The molecule has 2 nitrogen and oxygen atoms in total. The minimum absolute atomic E-state index is 0.0682. The molecule has 0 heterocycles. The van der Waals surface area contributed by atoms with E-state index in [9.17, 15) is 10.2 Å². The third-order valence-corrected chi connectivity index (χ3v) is 8.04. The van der Waals surface area contributed by atoms with Crippen LogP contribution in [0.2, 0.25) is 0 Å². The molecule has 4 aliphatic rings. The van der Waals surface area contributed by atoms with Crippen LogP contribution in [-0.2, 0) is 0 Å². The van der Waals surface area contributed by atoms with Crippen molar-refractivity contribution in [1.82, 2.24) is 0 Å². The van der Waals surface area contributed by atoms with Gasteiger partial charge in [0.25, 0.3) is 0 Å². The van der Waals surface area contributed by atoms with Gasteiger partial charge in [0, 0.05) is 0 Å². The van der Waals surface area contributed by atoms with E-state index < -0.39 is 0 Å². The fraction of sp³-hybridized carbons (Fsp3) is 0.895. The van der Waals surface area contributed by atoms with Crippen molar-refractivity contribution in [3.8, 4) is 0 Å². The summed E-state index contributed by atoms with van der Waals surface area (Å²) in [6.45, 7) is 4.82. The summed E-state index contributed by atoms with van der Waals surface area (Å²) in [5, 5.41) is 20.4. The maximum absolute atomic E-state index is 10.5. The summed E-state index contributed by atoms with van der Waals surface area (Å²) >= 11 is 0. The molecule has 7 atom stereocenters. The van der Waals surface area contributed by atoms with E-state index in [0.717, 1.165) is 37.0 Å². The zero-order chi connectivity index (χ0) is 14.8. The lowest BCUT2D eigenvalue weighted by molar-refractivity contribution is -0.0761. The van der Waals surface area contributed by atoms with Gasteiger partial charge < -0.3 is 10.2 Å². The van der Waals surface area contributed by atoms with Crippen molar-refractivity contribution >= 4 is 0 Å². The Morgan fingerprint density at radius 2 is 1.76 bits per heavy atom. The highest BCUT2D eigenvalue weighted by Crippen LogP contribution is 2.65. The van der Waals surface area contributed by atoms with Crippen LogP contribution in [-0.4, -0.2) is 22.4 Å². The van der Waals surface area contributed by atoms with Gasteiger partial charge >= 0.3 is 0 Å². The van der Waals surface area contributed by atoms with Crippen molar-refractivity contribution in [3.05, 3.63) is 11.6 Å². The van der Waals surface area contributed by atoms with Crippen molar-refractivity contribution in [3.63, 3.8) is 0 Å². The normalized spacial score (nSPS) is 56.2. The number of hydrogen-bond donors (Lipinski definition) is 2. The third-order valence-electron chi connectivity index (χ3n) is 8.04. The van der Waals surface area contributed by atoms with Crippen LogP contribution in [0, 0.1) is 28.6 Å². The third kappa shape index (κ3) is 1.84. The van der Waals surface area contributed by atoms with Crippen molar-refractivity contribution in [1.29, 1.82) is 0 Å². The number of rotatable bonds is 0. The molecule has 3 fully saturated rings. The summed E-state index contributed by atoms with van der Waals surface area (Å²) in [5.41, 5.74) is 2.06. The lowest BCUT2D eigenvalue weighted by Gasteiger charge is -2.58. The number of allylic oxidation sites excluding steroid dienone is 1. The molecule has 118 valence electrons. The Balaban J connectivity index is 1.67. The van der Waals surface area contributed by atoms with Crippen LogP contribution in [0.5, 0.6) is 0 Å². The molecular formula is C19H30O2. The van der Waals surface area contributed by atoms with Crippen LogP contribution in [0.25, 0.3) is 0 Å². The zero-order valence-corrected chi connectivity index (χ0v) is 13.5. The van der Waals surface area contributed by atoms with E-state index >= 15 is 0 Å². The Kier molecular flexibility index (Phi) is 3.11. The van der Waals surface area contributed by atoms with Crippen LogP contribution >= 0.6 is 0 Å². The second-order valence-electron chi connectivity index (χ2n) is 8.77. The SMILES string of the molecule is C[C@]12CCC(O)C=C1CC[C@@H]1[C@H]2CC[C@]2(C)C(O)CC[C@@H]12. The molecule has 0 amide bonds. The van der Waals surface area contributed by atoms with E-state index in [1.807, 2.05) is 0 Å². The van der Waals surface area contributed by atoms with Gasteiger partial charge in [0.2, 0.25) is 0 Å². The molecular weight excluding hydrogens is 260 g/mol. The smallest absolute Gasteiger partial charge is 0.0724 e. The van der Waals surface area contributed by atoms with E-state index in [0.29, 0.717) is 5.41 Å². The predicted molar refractivity (Wildman–Crippen MR) is 83.7 cm³/mol. The van der Waals surface area contributed by atoms with Gasteiger partial charge in [0.15, 0.2) is 0 Å². The Morgan fingerprint density at radius 1 is 0.952 bits per heavy atom. The lowest BCUT2D eigenvalue weighted by Crippen LogP contribution is -2.51. The second-order valence-corrected chi connectivity index (χ2v) is 8.77. The van der Waals surface area contributed by atoms with Crippen LogP contribution in [0.3, 0.4) is 0 Å². The van der Waals surface area contributed by atoms with Gasteiger partial charge in [0.1, 0.15) is 0 Å². The van der Waals surface area contributed by atoms with Crippen LogP contribution in [0.15, 0.2) is 11.6 Å². The summed E-state index contributed by atoms with van der Waals surface area (Å²) in [6.07, 6.45) is 11.2. The highest BCUT2D eigenvalue weighted by molar-refractivity contribution is 5.25. The van der Waals surface area contributed by atoms with E-state index in [1.54, 1.807) is 5.57 Å². The first-order valence-electron chi connectivity index (χ1n) is 9.02. The molecule has 4 aliphatic carbocycles. The van der Waals surface area contributed by atoms with Gasteiger partial charge in [0.05, 0.1) is 12.2 Å². The molecule has 0 aliphatic heterocycles. The highest BCUT2D eigenvalue weighted by Gasteiger charge is 2.58. The Morgan fingerprint density at radius 3 is 2.57 bits per heavy atom. The quantitative estimate of drug-likeness (QED) is 0.668. The summed E-state index contributed by atoms with van der Waals surface area (Å²) in [4.78, 5) is 0. The van der Waals surface area contributed by atoms with Crippen molar-refractivity contribution < 1.29 is 10.2 Å². The van der Waals surface area contributed by atoms with Crippen molar-refractivity contribution in [2.45, 2.75) is 77.4 Å². The first kappa shape index (κ1) is 14.3. The van der Waals surface area contributed by atoms with Crippen LogP contribution in [0.4, 0.5) is 0 Å². The van der Waals surface area contributed by atoms with Gasteiger partial charge in [-0.05, 0) is 80.0 Å². The molecule has 0 spiro atoms. The Hall–Kier alpha value is -0.340. The fourth-order valence-electron chi connectivity index (χ4n) is 6.68. The highest BCUT2D eigenvalue weighted by atomic mass is 16.3. The van der Waals surface area contributed by atoms with Crippen LogP contribution < -0.4 is 0 Å². The minimum Gasteiger partial charge on any atom is -0.393 e. The second kappa shape index (κ2) is 4.58. The monoisotopic (exact) mass is 290 g/mol. The molecule has 21 heavy (non-hydrogen) atoms. The molecule has 4 rings (SSSR count). The van der Waals surface area contributed by atoms with E-state index in [1.165, 1.54) is 32.1 Å². The van der Waals surface area contributed by atoms with Gasteiger partial charge in [-0.25, -0.2) is 0 Å². The Labute approximate surface area is 128 Å². The number of aliphatic hydroxyl groups is 2. The topological polar surface area (TPSA) is 40.5 Å². The fourth-order valence-corrected chi connectivity index (χ4v) is 6.68. The average Bonchev–Trinajstić information content (AvgIpc) is 2.76. The van der Waals surface area contributed by atoms with E-state index in [4.69, 9.17) is 0 Å². The molecule has 2 heteroatoms. The first-order valence-corrected chi connectivity index (χ1v) is 9.02. The first-order chi connectivity index (χ1) is 9.95. The number of fused-ring (bicyclic) bond motifs is 5. The van der Waals surface area contributed by atoms with Gasteiger partial charge in [-0.3, -0.25) is 0 Å². The summed E-state index contributed by atoms with van der Waals surface area (Å²) in [5.74, 6) is 2.32. The number of aliphatic hydroxyl groups excluding tert-OH is 2. The summed E-state index contributed by atoms with van der Waals surface area (Å²) < 4.78 is 0. The molecule has 2 unspecified atom stereocenters. The van der Waals surface area contributed by atoms with Gasteiger partial charge in [-0.1, -0.05) is 25.5 Å². The molecule has 0 aromatic heterocycles. The van der Waals surface area contributed by atoms with Crippen molar-refractivity contribution in [2.24, 2.45) is 28.6 Å². The Bertz CT molecular complexity index is 470. The molecule has 0 saturated heterocycles. The van der Waals surface area contributed by atoms with E-state index in [2.05, 4.69) is 19.9 Å². The number of hydrogen-bond acceptors (Lipinski definition) is 2. The predicted octanol–water partition coefficient (Wildman–Crippen LogP) is 3.67. The summed E-state index contributed by atoms with van der Waals surface area (Å²) in [6, 6.07) is 0. The zero-order valence-electron chi connectivity index (χ0n) is 13.5. The van der Waals surface area contributed by atoms with Gasteiger partial charge in [-0.2, -0.15) is 0 Å². The molecule has 0 aromatic carbocycles. The van der Waals surface area contributed by atoms with E-state index in [-0.39, 0.29) is 17.6 Å². The van der Waals surface area contributed by atoms with Crippen LogP contribution in [0.1, 0.15) is 65.2 Å². The summed E-state index contributed by atoms with van der Waals surface area (Å²) in [7, 11) is 0. The maximum Gasteiger partial charge on any atom is 0.0724 e. The minimum atomic E-state index is -0.202. The standard InChI is InChI=1S/C19H30O2/c1-18-9-7-13(20)11-12(18)3-4-14-15-5-6-17(21)19(15,2)10-8-16(14)18/h11,13-17,20-21H,3-10H2,1-2H3/t13?,14-,15-,16+,17?,18-,19-/m0/s1. The van der Waals surface area contributed by atoms with Crippen molar-refractivity contribution in [2.75, 3.05) is 0 Å². The molecule has 0 bridgehead atoms. The average molecular weight is 290 g/mol. The maximum atomic E-state index is 10.5. The van der Waals surface area contributed by atoms with Gasteiger partial charge in [-0.15, -0.1) is 0 Å². The molecule has 0 radical (unpaired) electrons. The molecule has 2 N–H and O–H groups in total. The molecule has 3 saturated carbocycles.